The van der Waals surface area contributed by atoms with Crippen molar-refractivity contribution in [2.75, 3.05) is 12.4 Å². The SMILES string of the molecule is CNc1cccn2c(C(C)(C)C)nc(Cl)c12. The third-order valence-electron chi connectivity index (χ3n) is 2.56. The van der Waals surface area contributed by atoms with Gasteiger partial charge in [0, 0.05) is 18.7 Å². The van der Waals surface area contributed by atoms with Crippen molar-refractivity contribution in [1.29, 1.82) is 0 Å². The van der Waals surface area contributed by atoms with E-state index in [0.29, 0.717) is 5.15 Å². The van der Waals surface area contributed by atoms with Crippen LogP contribution in [0.25, 0.3) is 5.52 Å². The summed E-state index contributed by atoms with van der Waals surface area (Å²) in [6.07, 6.45) is 2.00. The summed E-state index contributed by atoms with van der Waals surface area (Å²) in [4.78, 5) is 4.46. The van der Waals surface area contributed by atoms with Gasteiger partial charge in [-0.25, -0.2) is 4.98 Å². The second-order valence-electron chi connectivity index (χ2n) is 4.87. The smallest absolute Gasteiger partial charge is 0.157 e. The van der Waals surface area contributed by atoms with E-state index in [4.69, 9.17) is 11.6 Å². The van der Waals surface area contributed by atoms with Gasteiger partial charge in [0.1, 0.15) is 11.3 Å². The first-order valence-corrected chi connectivity index (χ1v) is 5.67. The highest BCUT2D eigenvalue weighted by molar-refractivity contribution is 6.33. The van der Waals surface area contributed by atoms with Crippen molar-refractivity contribution in [3.63, 3.8) is 0 Å². The van der Waals surface area contributed by atoms with Crippen molar-refractivity contribution < 1.29 is 0 Å². The van der Waals surface area contributed by atoms with Gasteiger partial charge in [0.25, 0.3) is 0 Å². The number of aromatic nitrogens is 2. The van der Waals surface area contributed by atoms with E-state index in [9.17, 15) is 0 Å². The van der Waals surface area contributed by atoms with Crippen LogP contribution in [0.4, 0.5) is 5.69 Å². The molecule has 16 heavy (non-hydrogen) atoms. The Morgan fingerprint density at radius 3 is 2.62 bits per heavy atom. The van der Waals surface area contributed by atoms with Crippen LogP contribution in [0, 0.1) is 0 Å². The zero-order chi connectivity index (χ0) is 11.9. The van der Waals surface area contributed by atoms with Gasteiger partial charge in [-0.15, -0.1) is 0 Å². The van der Waals surface area contributed by atoms with Gasteiger partial charge in [-0.3, -0.25) is 0 Å². The number of imidazole rings is 1. The number of halogens is 1. The van der Waals surface area contributed by atoms with E-state index in [0.717, 1.165) is 17.0 Å². The lowest BCUT2D eigenvalue weighted by Gasteiger charge is -2.16. The molecule has 0 aromatic carbocycles. The molecule has 0 aliphatic rings. The van der Waals surface area contributed by atoms with Gasteiger partial charge in [-0.2, -0.15) is 0 Å². The molecule has 2 heterocycles. The number of nitrogens with zero attached hydrogens (tertiary/aromatic N) is 2. The molecule has 4 heteroatoms. The molecule has 0 aliphatic heterocycles. The minimum atomic E-state index is -0.0254. The number of fused-ring (bicyclic) bond motifs is 1. The van der Waals surface area contributed by atoms with Crippen LogP contribution in [-0.2, 0) is 5.41 Å². The third kappa shape index (κ3) is 1.65. The summed E-state index contributed by atoms with van der Waals surface area (Å²) in [7, 11) is 1.88. The molecule has 0 spiro atoms. The topological polar surface area (TPSA) is 29.3 Å². The average molecular weight is 238 g/mol. The summed E-state index contributed by atoms with van der Waals surface area (Å²) in [6.45, 7) is 6.39. The molecule has 0 fully saturated rings. The standard InChI is InChI=1S/C12H16ClN3/c1-12(2,3)11-15-10(13)9-8(14-4)6-5-7-16(9)11/h5-7,14H,1-4H3. The van der Waals surface area contributed by atoms with Crippen molar-refractivity contribution in [3.05, 3.63) is 29.3 Å². The Morgan fingerprint density at radius 1 is 1.38 bits per heavy atom. The number of hydrogen-bond donors (Lipinski definition) is 1. The Labute approximate surface area is 100 Å². The maximum atomic E-state index is 6.20. The lowest BCUT2D eigenvalue weighted by atomic mass is 9.96. The quantitative estimate of drug-likeness (QED) is 0.825. The fourth-order valence-electron chi connectivity index (χ4n) is 1.83. The second kappa shape index (κ2) is 3.67. The highest BCUT2D eigenvalue weighted by Gasteiger charge is 2.22. The Balaban J connectivity index is 2.82. The van der Waals surface area contributed by atoms with E-state index in [-0.39, 0.29) is 5.41 Å². The fourth-order valence-corrected chi connectivity index (χ4v) is 2.10. The minimum Gasteiger partial charge on any atom is -0.386 e. The fraction of sp³-hybridized carbons (Fsp3) is 0.417. The second-order valence-corrected chi connectivity index (χ2v) is 5.22. The van der Waals surface area contributed by atoms with E-state index in [1.54, 1.807) is 0 Å². The predicted molar refractivity (Wildman–Crippen MR) is 68.4 cm³/mol. The first-order chi connectivity index (χ1) is 7.45. The summed E-state index contributed by atoms with van der Waals surface area (Å²) in [5.74, 6) is 0.976. The highest BCUT2D eigenvalue weighted by atomic mass is 35.5. The maximum Gasteiger partial charge on any atom is 0.157 e. The van der Waals surface area contributed by atoms with Gasteiger partial charge in [-0.05, 0) is 12.1 Å². The largest absolute Gasteiger partial charge is 0.386 e. The number of anilines is 1. The Kier molecular flexibility index (Phi) is 2.58. The molecular formula is C12H16ClN3. The van der Waals surface area contributed by atoms with Crippen molar-refractivity contribution in [1.82, 2.24) is 9.38 Å². The molecule has 1 N–H and O–H groups in total. The van der Waals surface area contributed by atoms with Crippen LogP contribution in [-0.4, -0.2) is 16.4 Å². The lowest BCUT2D eigenvalue weighted by Crippen LogP contribution is -2.15. The Hall–Kier alpha value is -1.22. The van der Waals surface area contributed by atoms with Crippen molar-refractivity contribution in [3.8, 4) is 0 Å². The van der Waals surface area contributed by atoms with Gasteiger partial charge in [-0.1, -0.05) is 32.4 Å². The van der Waals surface area contributed by atoms with Crippen molar-refractivity contribution in [2.45, 2.75) is 26.2 Å². The lowest BCUT2D eigenvalue weighted by molar-refractivity contribution is 0.543. The van der Waals surface area contributed by atoms with Gasteiger partial charge in [0.05, 0.1) is 5.69 Å². The summed E-state index contributed by atoms with van der Waals surface area (Å²) >= 11 is 6.20. The Bertz CT molecular complexity index is 523. The van der Waals surface area contributed by atoms with E-state index in [1.807, 2.05) is 29.8 Å². The Morgan fingerprint density at radius 2 is 2.06 bits per heavy atom. The van der Waals surface area contributed by atoms with Gasteiger partial charge in [0.15, 0.2) is 5.15 Å². The molecule has 0 bridgehead atoms. The molecule has 3 nitrogen and oxygen atoms in total. The van der Waals surface area contributed by atoms with Crippen LogP contribution in [0.15, 0.2) is 18.3 Å². The molecule has 2 aromatic rings. The first-order valence-electron chi connectivity index (χ1n) is 5.30. The van der Waals surface area contributed by atoms with Crippen molar-refractivity contribution >= 4 is 22.8 Å². The van der Waals surface area contributed by atoms with Crippen molar-refractivity contribution in [2.24, 2.45) is 0 Å². The number of rotatable bonds is 1. The summed E-state index contributed by atoms with van der Waals surface area (Å²) in [5, 5.41) is 3.68. The first kappa shape index (κ1) is 11.3. The van der Waals surface area contributed by atoms with Crippen LogP contribution in [0.1, 0.15) is 26.6 Å². The minimum absolute atomic E-state index is 0.0254. The van der Waals surface area contributed by atoms with Crippen LogP contribution < -0.4 is 5.32 Å². The number of pyridine rings is 1. The normalized spacial score (nSPS) is 12.1. The molecule has 0 unspecified atom stereocenters. The molecule has 0 saturated carbocycles. The predicted octanol–water partition coefficient (Wildman–Crippen LogP) is 3.33. The zero-order valence-electron chi connectivity index (χ0n) is 10.0. The summed E-state index contributed by atoms with van der Waals surface area (Å²) in [6, 6.07) is 3.99. The van der Waals surface area contributed by atoms with Gasteiger partial charge in [0.2, 0.25) is 0 Å². The molecule has 0 atom stereocenters. The highest BCUT2D eigenvalue weighted by Crippen LogP contribution is 2.30. The van der Waals surface area contributed by atoms with Gasteiger partial charge >= 0.3 is 0 Å². The molecular weight excluding hydrogens is 222 g/mol. The molecule has 2 aromatic heterocycles. The molecule has 86 valence electrons. The maximum absolute atomic E-state index is 6.20. The van der Waals surface area contributed by atoms with Crippen LogP contribution in [0.3, 0.4) is 0 Å². The molecule has 0 amide bonds. The number of hydrogen-bond acceptors (Lipinski definition) is 2. The number of nitrogens with one attached hydrogen (secondary N) is 1. The van der Waals surface area contributed by atoms with Crippen LogP contribution in [0.5, 0.6) is 0 Å². The molecule has 0 radical (unpaired) electrons. The monoisotopic (exact) mass is 237 g/mol. The van der Waals surface area contributed by atoms with Gasteiger partial charge < -0.3 is 9.72 Å². The molecule has 0 saturated heterocycles. The molecule has 0 aliphatic carbocycles. The molecule has 2 rings (SSSR count). The van der Waals surface area contributed by atoms with E-state index < -0.39 is 0 Å². The summed E-state index contributed by atoms with van der Waals surface area (Å²) < 4.78 is 2.05. The van der Waals surface area contributed by atoms with E-state index in [1.165, 1.54) is 0 Å². The van der Waals surface area contributed by atoms with E-state index in [2.05, 4.69) is 31.1 Å². The summed E-state index contributed by atoms with van der Waals surface area (Å²) in [5.41, 5.74) is 1.91. The van der Waals surface area contributed by atoms with Crippen LogP contribution >= 0.6 is 11.6 Å². The van der Waals surface area contributed by atoms with Crippen LogP contribution in [0.2, 0.25) is 5.15 Å². The third-order valence-corrected chi connectivity index (χ3v) is 2.83. The zero-order valence-corrected chi connectivity index (χ0v) is 10.8. The average Bonchev–Trinajstić information content (AvgIpc) is 2.56. The van der Waals surface area contributed by atoms with E-state index >= 15 is 0 Å².